The zero-order chi connectivity index (χ0) is 23.8. The molecule has 8 nitrogen and oxygen atoms in total. The van der Waals surface area contributed by atoms with E-state index in [1.807, 2.05) is 0 Å². The van der Waals surface area contributed by atoms with Crippen LogP contribution in [0.5, 0.6) is 0 Å². The molecule has 2 bridgehead atoms. The number of nitrogens with zero attached hydrogens (tertiary/aromatic N) is 2. The van der Waals surface area contributed by atoms with E-state index < -0.39 is 15.9 Å². The molecule has 34 heavy (non-hydrogen) atoms. The second-order valence-corrected chi connectivity index (χ2v) is 11.0. The lowest BCUT2D eigenvalue weighted by molar-refractivity contribution is -0.134. The molecule has 1 amide bonds. The number of carbonyl (C=O) groups excluding carboxylic acids is 1. The van der Waals surface area contributed by atoms with Crippen LogP contribution in [0.3, 0.4) is 0 Å². The summed E-state index contributed by atoms with van der Waals surface area (Å²) in [6.07, 6.45) is 2.83. The predicted octanol–water partition coefficient (Wildman–Crippen LogP) is 3.19. The molecule has 4 aliphatic rings. The molecule has 2 fully saturated rings. The van der Waals surface area contributed by atoms with Gasteiger partial charge in [0.05, 0.1) is 5.69 Å². The molecule has 0 radical (unpaired) electrons. The van der Waals surface area contributed by atoms with Gasteiger partial charge in [-0.15, -0.1) is 4.40 Å². The third kappa shape index (κ3) is 3.12. The van der Waals surface area contributed by atoms with Crippen LogP contribution < -0.4 is 11.1 Å². The Morgan fingerprint density at radius 2 is 1.88 bits per heavy atom. The van der Waals surface area contributed by atoms with E-state index in [9.17, 15) is 22.7 Å². The number of benzene rings is 2. The van der Waals surface area contributed by atoms with Gasteiger partial charge in [0, 0.05) is 24.2 Å². The zero-order valence-corrected chi connectivity index (χ0v) is 18.9. The first-order chi connectivity index (χ1) is 16.2. The number of aliphatic hydroxyl groups is 1. The summed E-state index contributed by atoms with van der Waals surface area (Å²) < 4.78 is 43.1. The number of rotatable bonds is 3. The summed E-state index contributed by atoms with van der Waals surface area (Å²) in [7, 11) is -4.14. The summed E-state index contributed by atoms with van der Waals surface area (Å²) in [4.78, 5) is 15.4. The highest BCUT2D eigenvalue weighted by Crippen LogP contribution is 2.55. The van der Waals surface area contributed by atoms with E-state index in [1.54, 1.807) is 23.1 Å². The SMILES string of the molecule is Nc1ccc2c(c1)S(=O)(=O)N=C(C1=C(O)[C@@H]3[C@H]4CC[C@@H](C4)[C@@H]3N(Cc3ccc(F)cc3)C1=O)N2. The molecular formula is C24H23FN4O4S. The Morgan fingerprint density at radius 3 is 2.65 bits per heavy atom. The van der Waals surface area contributed by atoms with Gasteiger partial charge in [0.15, 0.2) is 5.84 Å². The van der Waals surface area contributed by atoms with Crippen molar-refractivity contribution in [3.05, 3.63) is 65.2 Å². The fourth-order valence-electron chi connectivity index (χ4n) is 6.12. The van der Waals surface area contributed by atoms with Gasteiger partial charge in [0.2, 0.25) is 0 Å². The van der Waals surface area contributed by atoms with Crippen molar-refractivity contribution in [2.75, 3.05) is 11.1 Å². The molecular weight excluding hydrogens is 459 g/mol. The molecule has 4 atom stereocenters. The van der Waals surface area contributed by atoms with Crippen molar-refractivity contribution < 1.29 is 22.7 Å². The van der Waals surface area contributed by atoms with Crippen molar-refractivity contribution in [3.8, 4) is 0 Å². The van der Waals surface area contributed by atoms with E-state index in [2.05, 4.69) is 9.71 Å². The van der Waals surface area contributed by atoms with E-state index in [-0.39, 0.29) is 69.6 Å². The molecule has 0 saturated heterocycles. The maximum Gasteiger partial charge on any atom is 0.286 e. The highest BCUT2D eigenvalue weighted by Gasteiger charge is 2.57. The van der Waals surface area contributed by atoms with E-state index in [0.29, 0.717) is 0 Å². The highest BCUT2D eigenvalue weighted by atomic mass is 32.2. The number of anilines is 2. The van der Waals surface area contributed by atoms with Gasteiger partial charge >= 0.3 is 0 Å². The monoisotopic (exact) mass is 482 g/mol. The van der Waals surface area contributed by atoms with Crippen LogP contribution >= 0.6 is 0 Å². The lowest BCUT2D eigenvalue weighted by atomic mass is 9.77. The van der Waals surface area contributed by atoms with Crippen LogP contribution in [-0.4, -0.2) is 36.2 Å². The molecule has 10 heteroatoms. The lowest BCUT2D eigenvalue weighted by Gasteiger charge is -2.44. The Bertz CT molecular complexity index is 1390. The summed E-state index contributed by atoms with van der Waals surface area (Å²) in [5, 5.41) is 14.2. The normalized spacial score (nSPS) is 28.9. The van der Waals surface area contributed by atoms with Crippen LogP contribution in [0.2, 0.25) is 0 Å². The number of hydrogen-bond donors (Lipinski definition) is 3. The number of aliphatic hydroxyl groups excluding tert-OH is 1. The molecule has 176 valence electrons. The second kappa shape index (κ2) is 7.30. The number of hydrogen-bond acceptors (Lipinski definition) is 6. The summed E-state index contributed by atoms with van der Waals surface area (Å²) in [6.45, 7) is 0.230. The predicted molar refractivity (Wildman–Crippen MR) is 124 cm³/mol. The maximum absolute atomic E-state index is 13.8. The zero-order valence-electron chi connectivity index (χ0n) is 18.1. The molecule has 2 heterocycles. The number of nitrogen functional groups attached to an aromatic ring is 1. The number of nitrogens with two attached hydrogens (primary N) is 1. The number of sulfonamides is 1. The summed E-state index contributed by atoms with van der Waals surface area (Å²) in [6, 6.07) is 10.1. The van der Waals surface area contributed by atoms with E-state index in [4.69, 9.17) is 5.73 Å². The van der Waals surface area contributed by atoms with Gasteiger partial charge in [0.1, 0.15) is 22.0 Å². The summed E-state index contributed by atoms with van der Waals surface area (Å²) >= 11 is 0. The van der Waals surface area contributed by atoms with E-state index in [1.165, 1.54) is 24.3 Å². The molecule has 2 saturated carbocycles. The minimum Gasteiger partial charge on any atom is -0.511 e. The van der Waals surface area contributed by atoms with Gasteiger partial charge in [0.25, 0.3) is 15.9 Å². The lowest BCUT2D eigenvalue weighted by Crippen LogP contribution is -2.53. The first-order valence-electron chi connectivity index (χ1n) is 11.2. The first kappa shape index (κ1) is 21.2. The van der Waals surface area contributed by atoms with Crippen molar-refractivity contribution in [3.63, 3.8) is 0 Å². The molecule has 6 rings (SSSR count). The third-order valence-corrected chi connectivity index (χ3v) is 8.85. The van der Waals surface area contributed by atoms with E-state index >= 15 is 0 Å². The molecule has 0 unspecified atom stereocenters. The van der Waals surface area contributed by atoms with Crippen LogP contribution in [-0.2, 0) is 21.4 Å². The van der Waals surface area contributed by atoms with Gasteiger partial charge in [-0.05, 0) is 67.0 Å². The van der Waals surface area contributed by atoms with Gasteiger partial charge in [-0.2, -0.15) is 8.42 Å². The Balaban J connectivity index is 1.45. The van der Waals surface area contributed by atoms with Crippen LogP contribution in [0.1, 0.15) is 24.8 Å². The molecule has 0 spiro atoms. The molecule has 2 aliphatic heterocycles. The largest absolute Gasteiger partial charge is 0.511 e. The van der Waals surface area contributed by atoms with Crippen molar-refractivity contribution >= 4 is 33.1 Å². The average Bonchev–Trinajstić information content (AvgIpc) is 3.40. The number of amidine groups is 1. The minimum atomic E-state index is -4.14. The van der Waals surface area contributed by atoms with Gasteiger partial charge in [-0.25, -0.2) is 4.39 Å². The Kier molecular flexibility index (Phi) is 4.54. The molecule has 2 aromatic rings. The Morgan fingerprint density at radius 1 is 1.15 bits per heavy atom. The Hall–Kier alpha value is -3.40. The number of nitrogens with one attached hydrogen (secondary N) is 1. The van der Waals surface area contributed by atoms with Crippen molar-refractivity contribution in [1.29, 1.82) is 0 Å². The number of amides is 1. The fourth-order valence-corrected chi connectivity index (χ4v) is 7.28. The summed E-state index contributed by atoms with van der Waals surface area (Å²) in [5.41, 5.74) is 6.89. The standard InChI is InChI=1S/C24H23FN4O4S/c25-15-5-1-12(2-6-15)11-29-21-14-4-3-13(9-14)19(21)22(30)20(24(29)31)23-27-17-8-7-16(26)10-18(17)34(32,33)28-23/h1-2,5-8,10,13-14,19,21,30H,3-4,9,11,26H2,(H,27,28)/t13-,14-,19+,21-/m0/s1. The summed E-state index contributed by atoms with van der Waals surface area (Å²) in [5.74, 6) is -0.959. The quantitative estimate of drug-likeness (QED) is 0.577. The smallest absolute Gasteiger partial charge is 0.286 e. The minimum absolute atomic E-state index is 0.0828. The molecule has 4 N–H and O–H groups in total. The van der Waals surface area contributed by atoms with Crippen molar-refractivity contribution in [1.82, 2.24) is 4.90 Å². The number of halogens is 1. The van der Waals surface area contributed by atoms with Crippen LogP contribution in [0.25, 0.3) is 0 Å². The molecule has 0 aromatic heterocycles. The number of carbonyl (C=O) groups is 1. The highest BCUT2D eigenvalue weighted by molar-refractivity contribution is 7.90. The number of fused-ring (bicyclic) bond motifs is 6. The van der Waals surface area contributed by atoms with Crippen LogP contribution in [0, 0.1) is 23.6 Å². The van der Waals surface area contributed by atoms with Gasteiger partial charge in [-0.1, -0.05) is 12.1 Å². The van der Waals surface area contributed by atoms with Gasteiger partial charge in [-0.3, -0.25) is 4.79 Å². The molecule has 2 aliphatic carbocycles. The second-order valence-electron chi connectivity index (χ2n) is 9.46. The Labute approximate surface area is 196 Å². The third-order valence-electron chi connectivity index (χ3n) is 7.53. The maximum atomic E-state index is 13.8. The average molecular weight is 483 g/mol. The molecule has 2 aromatic carbocycles. The first-order valence-corrected chi connectivity index (χ1v) is 12.7. The van der Waals surface area contributed by atoms with Crippen LogP contribution in [0.4, 0.5) is 15.8 Å². The van der Waals surface area contributed by atoms with E-state index in [0.717, 1.165) is 24.8 Å². The topological polar surface area (TPSA) is 125 Å². The van der Waals surface area contributed by atoms with Gasteiger partial charge < -0.3 is 21.1 Å². The van der Waals surface area contributed by atoms with Crippen LogP contribution in [0.15, 0.2) is 63.1 Å². The van der Waals surface area contributed by atoms with Crippen molar-refractivity contribution in [2.24, 2.45) is 22.2 Å². The fraction of sp³-hybridized carbons (Fsp3) is 0.333. The van der Waals surface area contributed by atoms with Crippen molar-refractivity contribution in [2.45, 2.75) is 36.7 Å².